The summed E-state index contributed by atoms with van der Waals surface area (Å²) in [6, 6.07) is 17.7. The van der Waals surface area contributed by atoms with E-state index in [1.165, 1.54) is 11.8 Å². The molecule has 2 amide bonds. The van der Waals surface area contributed by atoms with E-state index in [-0.39, 0.29) is 11.8 Å². The third-order valence-electron chi connectivity index (χ3n) is 4.97. The Kier molecular flexibility index (Phi) is 6.06. The molecule has 0 atom stereocenters. The fraction of sp³-hybridized carbons (Fsp3) is 0. The number of furan rings is 1. The topological polar surface area (TPSA) is 96.3 Å². The SMILES string of the molecule is O=C1NC(=S)S/C1=C/c1ccc(-c2cccc(C(=O)NNc3ccnc4cc(Cl)ccc34)c2)o1. The fourth-order valence-corrected chi connectivity index (χ4v) is 4.57. The second-order valence-electron chi connectivity index (χ2n) is 7.23. The Bertz CT molecular complexity index is 1500. The zero-order valence-electron chi connectivity index (χ0n) is 17.3. The lowest BCUT2D eigenvalue weighted by molar-refractivity contribution is -0.115. The van der Waals surface area contributed by atoms with Crippen molar-refractivity contribution in [3.05, 3.63) is 88.1 Å². The maximum absolute atomic E-state index is 12.8. The van der Waals surface area contributed by atoms with Gasteiger partial charge in [0.05, 0.1) is 16.1 Å². The van der Waals surface area contributed by atoms with Gasteiger partial charge in [-0.3, -0.25) is 25.4 Å². The van der Waals surface area contributed by atoms with Crippen LogP contribution >= 0.6 is 35.6 Å². The van der Waals surface area contributed by atoms with E-state index < -0.39 is 0 Å². The highest BCUT2D eigenvalue weighted by Gasteiger charge is 2.22. The summed E-state index contributed by atoms with van der Waals surface area (Å²) in [4.78, 5) is 29.4. The maximum atomic E-state index is 12.8. The summed E-state index contributed by atoms with van der Waals surface area (Å²) in [6.45, 7) is 0. The quantitative estimate of drug-likeness (QED) is 0.189. The Balaban J connectivity index is 1.31. The first-order valence-electron chi connectivity index (χ1n) is 10.0. The molecule has 0 spiro atoms. The molecule has 0 saturated carbocycles. The first kappa shape index (κ1) is 22.1. The zero-order chi connectivity index (χ0) is 23.7. The van der Waals surface area contributed by atoms with Gasteiger partial charge in [0.15, 0.2) is 0 Å². The molecule has 2 aromatic carbocycles. The van der Waals surface area contributed by atoms with Crippen molar-refractivity contribution in [1.82, 2.24) is 15.7 Å². The maximum Gasteiger partial charge on any atom is 0.269 e. The van der Waals surface area contributed by atoms with Crippen molar-refractivity contribution in [3.63, 3.8) is 0 Å². The van der Waals surface area contributed by atoms with Crippen molar-refractivity contribution in [2.45, 2.75) is 0 Å². The smallest absolute Gasteiger partial charge is 0.269 e. The standard InChI is InChI=1S/C24H15ClN4O3S2/c25-15-4-6-17-18(8-9-26-19(17)11-15)28-29-22(30)14-3-1-2-13(10-14)20-7-5-16(32-20)12-21-23(31)27-24(33)34-21/h1-12H,(H,26,28)(H,29,30)(H,27,31,33)/b21-12+. The minimum absolute atomic E-state index is 0.246. The van der Waals surface area contributed by atoms with E-state index >= 15 is 0 Å². The lowest BCUT2D eigenvalue weighted by atomic mass is 10.1. The predicted molar refractivity (Wildman–Crippen MR) is 138 cm³/mol. The van der Waals surface area contributed by atoms with Gasteiger partial charge in [-0.2, -0.15) is 0 Å². The number of aromatic nitrogens is 1. The molecular weight excluding hydrogens is 492 g/mol. The minimum atomic E-state index is -0.317. The summed E-state index contributed by atoms with van der Waals surface area (Å²) in [5.74, 6) is 0.516. The van der Waals surface area contributed by atoms with E-state index in [0.29, 0.717) is 42.5 Å². The van der Waals surface area contributed by atoms with Crippen LogP contribution in [-0.2, 0) is 4.79 Å². The Morgan fingerprint density at radius 2 is 2.03 bits per heavy atom. The number of thioether (sulfide) groups is 1. The molecule has 34 heavy (non-hydrogen) atoms. The number of carbonyl (C=O) groups is 2. The molecule has 0 aliphatic carbocycles. The van der Waals surface area contributed by atoms with Gasteiger partial charge in [0.2, 0.25) is 0 Å². The van der Waals surface area contributed by atoms with Crippen molar-refractivity contribution in [3.8, 4) is 11.3 Å². The highest BCUT2D eigenvalue weighted by Crippen LogP contribution is 2.29. The number of rotatable bonds is 5. The van der Waals surface area contributed by atoms with Gasteiger partial charge in [0.1, 0.15) is 15.8 Å². The number of hydrazine groups is 1. The van der Waals surface area contributed by atoms with Crippen LogP contribution in [0.25, 0.3) is 28.3 Å². The summed E-state index contributed by atoms with van der Waals surface area (Å²) >= 11 is 12.2. The van der Waals surface area contributed by atoms with Crippen LogP contribution < -0.4 is 16.2 Å². The second-order valence-corrected chi connectivity index (χ2v) is 9.39. The van der Waals surface area contributed by atoms with Gasteiger partial charge in [-0.25, -0.2) is 0 Å². The molecule has 7 nitrogen and oxygen atoms in total. The average molecular weight is 507 g/mol. The molecule has 0 unspecified atom stereocenters. The zero-order valence-corrected chi connectivity index (χ0v) is 19.7. The molecule has 2 aromatic heterocycles. The van der Waals surface area contributed by atoms with Crippen molar-refractivity contribution < 1.29 is 14.0 Å². The molecule has 4 aromatic rings. The number of nitrogens with one attached hydrogen (secondary N) is 3. The number of amides is 2. The van der Waals surface area contributed by atoms with Crippen LogP contribution in [0.4, 0.5) is 5.69 Å². The number of fused-ring (bicyclic) bond motifs is 1. The molecule has 0 bridgehead atoms. The molecule has 0 radical (unpaired) electrons. The van der Waals surface area contributed by atoms with E-state index in [2.05, 4.69) is 21.2 Å². The van der Waals surface area contributed by atoms with Crippen molar-refractivity contribution in [2.24, 2.45) is 0 Å². The third kappa shape index (κ3) is 4.67. The Morgan fingerprint density at radius 3 is 2.85 bits per heavy atom. The van der Waals surface area contributed by atoms with Gasteiger partial charge in [0, 0.05) is 33.8 Å². The summed E-state index contributed by atoms with van der Waals surface area (Å²) in [6.07, 6.45) is 3.27. The van der Waals surface area contributed by atoms with Crippen LogP contribution in [0, 0.1) is 0 Å². The van der Waals surface area contributed by atoms with Crippen molar-refractivity contribution in [1.29, 1.82) is 0 Å². The number of pyridine rings is 1. The highest BCUT2D eigenvalue weighted by molar-refractivity contribution is 8.26. The number of hydrogen-bond acceptors (Lipinski definition) is 7. The number of thiocarbonyl (C=S) groups is 1. The number of halogens is 1. The van der Waals surface area contributed by atoms with Crippen LogP contribution in [0.5, 0.6) is 0 Å². The lowest BCUT2D eigenvalue weighted by Gasteiger charge is -2.11. The van der Waals surface area contributed by atoms with E-state index in [4.69, 9.17) is 28.2 Å². The van der Waals surface area contributed by atoms with Crippen molar-refractivity contribution in [2.75, 3.05) is 5.43 Å². The van der Waals surface area contributed by atoms with E-state index in [9.17, 15) is 9.59 Å². The molecular formula is C24H15ClN4O3S2. The summed E-state index contributed by atoms with van der Waals surface area (Å²) in [5.41, 5.74) is 8.24. The first-order valence-corrected chi connectivity index (χ1v) is 11.6. The molecule has 1 aliphatic rings. The molecule has 1 fully saturated rings. The summed E-state index contributed by atoms with van der Waals surface area (Å²) in [5, 5.41) is 3.98. The minimum Gasteiger partial charge on any atom is -0.457 e. The van der Waals surface area contributed by atoms with Crippen molar-refractivity contribution >= 4 is 74.4 Å². The van der Waals surface area contributed by atoms with E-state index in [0.717, 1.165) is 10.9 Å². The summed E-state index contributed by atoms with van der Waals surface area (Å²) in [7, 11) is 0. The van der Waals surface area contributed by atoms with Crippen LogP contribution in [0.2, 0.25) is 5.02 Å². The Morgan fingerprint density at radius 1 is 1.15 bits per heavy atom. The van der Waals surface area contributed by atoms with E-state index in [1.54, 1.807) is 60.8 Å². The van der Waals surface area contributed by atoms with Gasteiger partial charge in [-0.1, -0.05) is 47.7 Å². The van der Waals surface area contributed by atoms with Gasteiger partial charge >= 0.3 is 0 Å². The molecule has 3 N–H and O–H groups in total. The third-order valence-corrected chi connectivity index (χ3v) is 6.36. The van der Waals surface area contributed by atoms with Crippen LogP contribution in [0.1, 0.15) is 16.1 Å². The van der Waals surface area contributed by atoms with E-state index in [1.807, 2.05) is 12.1 Å². The molecule has 10 heteroatoms. The predicted octanol–water partition coefficient (Wildman–Crippen LogP) is 5.39. The lowest BCUT2D eigenvalue weighted by Crippen LogP contribution is -2.29. The largest absolute Gasteiger partial charge is 0.457 e. The Labute approximate surface area is 208 Å². The number of carbonyl (C=O) groups excluding carboxylic acids is 2. The molecule has 168 valence electrons. The fourth-order valence-electron chi connectivity index (χ4n) is 3.38. The van der Waals surface area contributed by atoms with Gasteiger partial charge < -0.3 is 9.73 Å². The number of hydrogen-bond donors (Lipinski definition) is 3. The normalized spacial score (nSPS) is 14.4. The van der Waals surface area contributed by atoms with Gasteiger partial charge in [-0.05, 0) is 48.5 Å². The highest BCUT2D eigenvalue weighted by atomic mass is 35.5. The van der Waals surface area contributed by atoms with Crippen LogP contribution in [0.3, 0.4) is 0 Å². The molecule has 5 rings (SSSR count). The second kappa shape index (κ2) is 9.30. The monoisotopic (exact) mass is 506 g/mol. The van der Waals surface area contributed by atoms with Crippen LogP contribution in [0.15, 0.2) is 76.2 Å². The number of anilines is 1. The molecule has 1 aliphatic heterocycles. The number of nitrogens with zero attached hydrogens (tertiary/aromatic N) is 1. The molecule has 1 saturated heterocycles. The summed E-state index contributed by atoms with van der Waals surface area (Å²) < 4.78 is 6.27. The van der Waals surface area contributed by atoms with Crippen LogP contribution in [-0.4, -0.2) is 21.1 Å². The Hall–Kier alpha value is -3.66. The molecule has 3 heterocycles. The number of benzene rings is 2. The first-order chi connectivity index (χ1) is 16.5. The average Bonchev–Trinajstić information content (AvgIpc) is 3.43. The van der Waals surface area contributed by atoms with Gasteiger partial charge in [-0.15, -0.1) is 0 Å². The van der Waals surface area contributed by atoms with Gasteiger partial charge in [0.25, 0.3) is 11.8 Å².